The summed E-state index contributed by atoms with van der Waals surface area (Å²) in [5, 5.41) is 7.52. The molecule has 0 atom stereocenters. The van der Waals surface area contributed by atoms with Crippen LogP contribution in [-0.2, 0) is 4.74 Å². The largest absolute Gasteiger partial charge is 0.444 e. The minimum Gasteiger partial charge on any atom is -0.444 e. The molecular weight excluding hydrogens is 356 g/mol. The van der Waals surface area contributed by atoms with Gasteiger partial charge in [-0.25, -0.2) is 4.79 Å². The molecule has 7 nitrogen and oxygen atoms in total. The van der Waals surface area contributed by atoms with Crippen molar-refractivity contribution >= 4 is 17.5 Å². The van der Waals surface area contributed by atoms with E-state index in [1.807, 2.05) is 52.8 Å². The second kappa shape index (κ2) is 7.73. The Morgan fingerprint density at radius 2 is 1.96 bits per heavy atom. The summed E-state index contributed by atoms with van der Waals surface area (Å²) < 4.78 is 10.7. The van der Waals surface area contributed by atoms with Crippen molar-refractivity contribution in [3.05, 3.63) is 29.7 Å². The summed E-state index contributed by atoms with van der Waals surface area (Å²) in [5.41, 5.74) is 10.3. The summed E-state index contributed by atoms with van der Waals surface area (Å²) in [7, 11) is 0. The molecule has 1 aromatic carbocycles. The zero-order valence-electron chi connectivity index (χ0n) is 17.3. The number of likely N-dealkylation sites (tertiary alicyclic amines) is 1. The predicted octanol–water partition coefficient (Wildman–Crippen LogP) is 4.35. The van der Waals surface area contributed by atoms with Crippen LogP contribution in [-0.4, -0.2) is 40.9 Å². The van der Waals surface area contributed by atoms with Crippen molar-refractivity contribution < 1.29 is 14.1 Å². The number of carbonyl (C=O) groups excluding carboxylic acids is 1. The van der Waals surface area contributed by atoms with E-state index in [-0.39, 0.29) is 12.1 Å². The zero-order chi connectivity index (χ0) is 20.5. The van der Waals surface area contributed by atoms with E-state index in [0.717, 1.165) is 41.1 Å². The van der Waals surface area contributed by atoms with Gasteiger partial charge in [0.25, 0.3) is 0 Å². The number of nitrogen functional groups attached to an aromatic ring is 1. The van der Waals surface area contributed by atoms with Gasteiger partial charge in [-0.15, -0.1) is 0 Å². The highest BCUT2D eigenvalue weighted by atomic mass is 16.6. The van der Waals surface area contributed by atoms with Gasteiger partial charge in [-0.2, -0.15) is 0 Å². The van der Waals surface area contributed by atoms with Crippen LogP contribution in [0.15, 0.2) is 22.7 Å². The normalized spacial score (nSPS) is 15.5. The Morgan fingerprint density at radius 3 is 2.50 bits per heavy atom. The third kappa shape index (κ3) is 4.58. The molecule has 0 unspecified atom stereocenters. The van der Waals surface area contributed by atoms with E-state index in [4.69, 9.17) is 15.0 Å². The van der Waals surface area contributed by atoms with Gasteiger partial charge in [0, 0.05) is 24.7 Å². The van der Waals surface area contributed by atoms with Crippen LogP contribution in [0.5, 0.6) is 0 Å². The smallest absolute Gasteiger partial charge is 0.410 e. The van der Waals surface area contributed by atoms with Crippen LogP contribution in [0.3, 0.4) is 0 Å². The van der Waals surface area contributed by atoms with E-state index in [9.17, 15) is 4.79 Å². The molecule has 3 rings (SSSR count). The molecule has 0 aliphatic carbocycles. The lowest BCUT2D eigenvalue weighted by molar-refractivity contribution is 0.0210. The van der Waals surface area contributed by atoms with Gasteiger partial charge in [0.15, 0.2) is 0 Å². The average Bonchev–Trinajstić information content (AvgIpc) is 2.94. The molecule has 1 fully saturated rings. The number of piperidine rings is 1. The van der Waals surface area contributed by atoms with E-state index < -0.39 is 5.60 Å². The summed E-state index contributed by atoms with van der Waals surface area (Å²) in [5.74, 6) is 0.784. The highest BCUT2D eigenvalue weighted by Gasteiger charge is 2.27. The van der Waals surface area contributed by atoms with Gasteiger partial charge in [0.1, 0.15) is 11.4 Å². The van der Waals surface area contributed by atoms with E-state index in [2.05, 4.69) is 10.5 Å². The fourth-order valence-electron chi connectivity index (χ4n) is 3.50. The number of anilines is 2. The van der Waals surface area contributed by atoms with Crippen molar-refractivity contribution in [2.24, 2.45) is 0 Å². The number of carbonyl (C=O) groups is 1. The Morgan fingerprint density at radius 1 is 1.29 bits per heavy atom. The number of ether oxygens (including phenoxy) is 1. The average molecular weight is 386 g/mol. The van der Waals surface area contributed by atoms with Crippen LogP contribution in [0.4, 0.5) is 16.2 Å². The molecule has 2 heterocycles. The van der Waals surface area contributed by atoms with Crippen molar-refractivity contribution in [3.63, 3.8) is 0 Å². The molecule has 3 N–H and O–H groups in total. The number of benzene rings is 1. The van der Waals surface area contributed by atoms with Gasteiger partial charge in [-0.1, -0.05) is 11.2 Å². The molecule has 0 radical (unpaired) electrons. The molecular formula is C21H30N4O3. The summed E-state index contributed by atoms with van der Waals surface area (Å²) >= 11 is 0. The number of hydrogen-bond acceptors (Lipinski definition) is 6. The first kappa shape index (κ1) is 20.0. The molecule has 0 spiro atoms. The molecule has 1 amide bonds. The molecule has 1 saturated heterocycles. The van der Waals surface area contributed by atoms with Gasteiger partial charge in [-0.3, -0.25) is 0 Å². The summed E-state index contributed by atoms with van der Waals surface area (Å²) in [4.78, 5) is 14.0. The van der Waals surface area contributed by atoms with E-state index >= 15 is 0 Å². The number of nitrogens with two attached hydrogens (primary N) is 1. The van der Waals surface area contributed by atoms with Crippen LogP contribution in [0.1, 0.15) is 45.1 Å². The number of nitrogens with zero attached hydrogens (tertiary/aromatic N) is 2. The van der Waals surface area contributed by atoms with Crippen molar-refractivity contribution in [2.45, 2.75) is 59.1 Å². The quantitative estimate of drug-likeness (QED) is 0.762. The van der Waals surface area contributed by atoms with Gasteiger partial charge < -0.3 is 25.2 Å². The van der Waals surface area contributed by atoms with Crippen LogP contribution >= 0.6 is 0 Å². The van der Waals surface area contributed by atoms with Gasteiger partial charge in [0.05, 0.1) is 17.1 Å². The fraction of sp³-hybridized carbons (Fsp3) is 0.524. The second-order valence-corrected chi connectivity index (χ2v) is 8.39. The van der Waals surface area contributed by atoms with E-state index in [1.54, 1.807) is 4.90 Å². The van der Waals surface area contributed by atoms with E-state index in [1.165, 1.54) is 0 Å². The van der Waals surface area contributed by atoms with Crippen LogP contribution in [0, 0.1) is 13.8 Å². The molecule has 0 bridgehead atoms. The topological polar surface area (TPSA) is 93.6 Å². The lowest BCUT2D eigenvalue weighted by atomic mass is 10.0. The Balaban J connectivity index is 1.60. The molecule has 1 aliphatic rings. The Bertz CT molecular complexity index is 826. The zero-order valence-corrected chi connectivity index (χ0v) is 17.3. The minimum absolute atomic E-state index is 0.241. The highest BCUT2D eigenvalue weighted by Crippen LogP contribution is 2.32. The van der Waals surface area contributed by atoms with E-state index in [0.29, 0.717) is 18.8 Å². The van der Waals surface area contributed by atoms with Gasteiger partial charge in [-0.05, 0) is 65.2 Å². The maximum atomic E-state index is 12.2. The number of aryl methyl sites for hydroxylation is 2. The lowest BCUT2D eigenvalue weighted by Crippen LogP contribution is -2.44. The minimum atomic E-state index is -0.469. The first-order valence-electron chi connectivity index (χ1n) is 9.71. The van der Waals surface area contributed by atoms with Crippen molar-refractivity contribution in [3.8, 4) is 11.1 Å². The molecule has 1 aliphatic heterocycles. The standard InChI is InChI=1S/C21H30N4O3/c1-13-19(14(2)28-24-13)15-6-7-18(17(22)12-15)23-16-8-10-25(11-9-16)20(26)27-21(3,4)5/h6-7,12,16,23H,8-11,22H2,1-5H3. The van der Waals surface area contributed by atoms with Crippen LogP contribution in [0.25, 0.3) is 11.1 Å². The Labute approximate surface area is 166 Å². The number of nitrogens with one attached hydrogen (secondary N) is 1. The predicted molar refractivity (Wildman–Crippen MR) is 110 cm³/mol. The number of amides is 1. The summed E-state index contributed by atoms with van der Waals surface area (Å²) in [6.07, 6.45) is 1.46. The molecule has 1 aromatic heterocycles. The maximum absolute atomic E-state index is 12.2. The van der Waals surface area contributed by atoms with Crippen molar-refractivity contribution in [1.82, 2.24) is 10.1 Å². The molecule has 0 saturated carbocycles. The molecule has 2 aromatic rings. The molecule has 28 heavy (non-hydrogen) atoms. The third-order valence-corrected chi connectivity index (χ3v) is 4.88. The number of hydrogen-bond donors (Lipinski definition) is 2. The van der Waals surface area contributed by atoms with Gasteiger partial charge >= 0.3 is 6.09 Å². The van der Waals surface area contributed by atoms with Crippen molar-refractivity contribution in [2.75, 3.05) is 24.1 Å². The summed E-state index contributed by atoms with van der Waals surface area (Å²) in [6.45, 7) is 10.8. The first-order valence-corrected chi connectivity index (χ1v) is 9.71. The van der Waals surface area contributed by atoms with Gasteiger partial charge in [0.2, 0.25) is 0 Å². The third-order valence-electron chi connectivity index (χ3n) is 4.88. The van der Waals surface area contributed by atoms with Crippen LogP contribution in [0.2, 0.25) is 0 Å². The highest BCUT2D eigenvalue weighted by molar-refractivity contribution is 5.77. The van der Waals surface area contributed by atoms with Crippen LogP contribution < -0.4 is 11.1 Å². The molecule has 7 heteroatoms. The SMILES string of the molecule is Cc1noc(C)c1-c1ccc(NC2CCN(C(=O)OC(C)(C)C)CC2)c(N)c1. The number of rotatable bonds is 3. The Hall–Kier alpha value is -2.70. The number of aromatic nitrogens is 1. The second-order valence-electron chi connectivity index (χ2n) is 8.39. The Kier molecular flexibility index (Phi) is 5.54. The summed E-state index contributed by atoms with van der Waals surface area (Å²) in [6, 6.07) is 6.24. The monoisotopic (exact) mass is 386 g/mol. The first-order chi connectivity index (χ1) is 13.1. The lowest BCUT2D eigenvalue weighted by Gasteiger charge is -2.34. The fourth-order valence-corrected chi connectivity index (χ4v) is 3.50. The van der Waals surface area contributed by atoms with Crippen molar-refractivity contribution in [1.29, 1.82) is 0 Å². The molecule has 152 valence electrons. The maximum Gasteiger partial charge on any atom is 0.410 e.